The normalized spacial score (nSPS) is 12.7. The zero-order valence-electron chi connectivity index (χ0n) is 28.8. The van der Waals surface area contributed by atoms with Gasteiger partial charge in [0, 0.05) is 22.0 Å². The molecule has 0 saturated carbocycles. The Kier molecular flexibility index (Phi) is 6.38. The smallest absolute Gasteiger partial charge is 0.0541 e. The second kappa shape index (κ2) is 10.5. The minimum absolute atomic E-state index is 0.0544. The summed E-state index contributed by atoms with van der Waals surface area (Å²) in [5.41, 5.74) is 17.2. The first-order valence-corrected chi connectivity index (χ1v) is 17.3. The lowest BCUT2D eigenvalue weighted by Crippen LogP contribution is -2.28. The van der Waals surface area contributed by atoms with Gasteiger partial charge in [0.15, 0.2) is 0 Å². The van der Waals surface area contributed by atoms with Crippen LogP contribution >= 0.6 is 0 Å². The van der Waals surface area contributed by atoms with Gasteiger partial charge in [-0.2, -0.15) is 0 Å². The van der Waals surface area contributed by atoms with Crippen molar-refractivity contribution in [2.24, 2.45) is 5.73 Å². The van der Waals surface area contributed by atoms with Crippen LogP contribution < -0.4 is 5.73 Å². The third-order valence-electron chi connectivity index (χ3n) is 10.6. The topological polar surface area (TPSA) is 30.9 Å². The SMILES string of the molecule is CC(C)(C)c1ccc2c(c1)c1cc(C(C)(C)N)ccc1n2-c1ccc(-c2ccc3ccc4c(-c5ccccc5)ccc5ccc2c3c54)cc1. The summed E-state index contributed by atoms with van der Waals surface area (Å²) in [5.74, 6) is 0. The monoisotopic (exact) mass is 632 g/mol. The first kappa shape index (κ1) is 29.7. The van der Waals surface area contributed by atoms with Crippen LogP contribution in [0.3, 0.4) is 0 Å². The molecule has 0 atom stereocenters. The van der Waals surface area contributed by atoms with Crippen molar-refractivity contribution in [3.05, 3.63) is 151 Å². The maximum atomic E-state index is 6.60. The minimum atomic E-state index is -0.421. The number of aromatic nitrogens is 1. The summed E-state index contributed by atoms with van der Waals surface area (Å²) < 4.78 is 2.41. The van der Waals surface area contributed by atoms with Gasteiger partial charge in [-0.1, -0.05) is 124 Å². The molecule has 238 valence electrons. The zero-order valence-corrected chi connectivity index (χ0v) is 28.8. The third kappa shape index (κ3) is 4.66. The summed E-state index contributed by atoms with van der Waals surface area (Å²) in [6.45, 7) is 11.0. The van der Waals surface area contributed by atoms with Gasteiger partial charge in [-0.15, -0.1) is 0 Å². The molecule has 0 aliphatic carbocycles. The first-order valence-electron chi connectivity index (χ1n) is 17.3. The van der Waals surface area contributed by atoms with Gasteiger partial charge in [0.05, 0.1) is 11.0 Å². The number of hydrogen-bond donors (Lipinski definition) is 1. The molecule has 2 nitrogen and oxygen atoms in total. The van der Waals surface area contributed by atoms with Crippen LogP contribution in [0.1, 0.15) is 45.7 Å². The Bertz CT molecular complexity index is 2630. The highest BCUT2D eigenvalue weighted by Gasteiger charge is 2.21. The summed E-state index contributed by atoms with van der Waals surface area (Å²) >= 11 is 0. The van der Waals surface area contributed by atoms with E-state index in [-0.39, 0.29) is 5.41 Å². The Morgan fingerprint density at radius 2 is 0.939 bits per heavy atom. The molecule has 0 amide bonds. The standard InChI is InChI=1S/C47H40N2/c1-46(2,3)33-17-25-42-40(27-33)41-28-34(47(4,5)48)18-26-43(41)49(42)35-19-11-30(12-20-35)37-22-14-32-15-23-38-36(29-9-7-6-8-10-29)21-13-31-16-24-39(37)45(32)44(31)38/h6-28H,48H2,1-5H3. The van der Waals surface area contributed by atoms with Crippen LogP contribution in [0, 0.1) is 0 Å². The van der Waals surface area contributed by atoms with Gasteiger partial charge in [0.25, 0.3) is 0 Å². The molecule has 2 N–H and O–H groups in total. The molecule has 8 aromatic carbocycles. The second-order valence-corrected chi connectivity index (χ2v) is 15.3. The van der Waals surface area contributed by atoms with E-state index in [4.69, 9.17) is 5.73 Å². The van der Waals surface area contributed by atoms with E-state index in [9.17, 15) is 0 Å². The van der Waals surface area contributed by atoms with Gasteiger partial charge >= 0.3 is 0 Å². The number of benzene rings is 8. The van der Waals surface area contributed by atoms with Crippen molar-refractivity contribution < 1.29 is 0 Å². The molecule has 0 fully saturated rings. The maximum Gasteiger partial charge on any atom is 0.0541 e. The Labute approximate surface area is 287 Å². The number of nitrogens with two attached hydrogens (primary N) is 1. The van der Waals surface area contributed by atoms with Crippen LogP contribution in [0.4, 0.5) is 0 Å². The molecule has 0 aliphatic rings. The van der Waals surface area contributed by atoms with Gasteiger partial charge < -0.3 is 10.3 Å². The average Bonchev–Trinajstić information content (AvgIpc) is 3.43. The Hall–Kier alpha value is -5.44. The fraction of sp³-hybridized carbons (Fsp3) is 0.149. The van der Waals surface area contributed by atoms with Gasteiger partial charge in [0.1, 0.15) is 0 Å². The van der Waals surface area contributed by atoms with Crippen LogP contribution in [0.2, 0.25) is 0 Å². The van der Waals surface area contributed by atoms with Crippen molar-refractivity contribution in [1.82, 2.24) is 4.57 Å². The molecule has 0 aliphatic heterocycles. The average molecular weight is 633 g/mol. The van der Waals surface area contributed by atoms with Gasteiger partial charge in [0.2, 0.25) is 0 Å². The van der Waals surface area contributed by atoms with Crippen molar-refractivity contribution in [3.8, 4) is 27.9 Å². The summed E-state index contributed by atoms with van der Waals surface area (Å²) in [6, 6.07) is 51.9. The van der Waals surface area contributed by atoms with E-state index in [2.05, 4.69) is 179 Å². The highest BCUT2D eigenvalue weighted by atomic mass is 15.0. The fourth-order valence-electron chi connectivity index (χ4n) is 7.88. The summed E-state index contributed by atoms with van der Waals surface area (Å²) in [4.78, 5) is 0. The predicted molar refractivity (Wildman–Crippen MR) is 211 cm³/mol. The Morgan fingerprint density at radius 3 is 1.47 bits per heavy atom. The second-order valence-electron chi connectivity index (χ2n) is 15.3. The van der Waals surface area contributed by atoms with E-state index < -0.39 is 5.54 Å². The van der Waals surface area contributed by atoms with Crippen LogP contribution in [0.5, 0.6) is 0 Å². The molecule has 0 radical (unpaired) electrons. The molecule has 1 aromatic heterocycles. The highest BCUT2D eigenvalue weighted by Crippen LogP contribution is 2.43. The molecule has 1 heterocycles. The Morgan fingerprint density at radius 1 is 0.449 bits per heavy atom. The van der Waals surface area contributed by atoms with Crippen LogP contribution in [-0.2, 0) is 11.0 Å². The molecular weight excluding hydrogens is 593 g/mol. The molecule has 49 heavy (non-hydrogen) atoms. The fourth-order valence-corrected chi connectivity index (χ4v) is 7.88. The van der Waals surface area contributed by atoms with E-state index >= 15 is 0 Å². The van der Waals surface area contributed by atoms with Gasteiger partial charge in [-0.25, -0.2) is 0 Å². The molecule has 0 saturated heterocycles. The molecule has 0 unspecified atom stereocenters. The number of fused-ring (bicyclic) bond motifs is 3. The number of hydrogen-bond acceptors (Lipinski definition) is 1. The van der Waals surface area contributed by atoms with Crippen molar-refractivity contribution >= 4 is 54.1 Å². The zero-order chi connectivity index (χ0) is 33.7. The van der Waals surface area contributed by atoms with Gasteiger partial charge in [-0.05, 0) is 121 Å². The maximum absolute atomic E-state index is 6.60. The van der Waals surface area contributed by atoms with Crippen molar-refractivity contribution in [2.45, 2.75) is 45.6 Å². The molecular formula is C47H40N2. The van der Waals surface area contributed by atoms with Crippen molar-refractivity contribution in [2.75, 3.05) is 0 Å². The summed E-state index contributed by atoms with van der Waals surface area (Å²) in [5, 5.41) is 10.3. The predicted octanol–water partition coefficient (Wildman–Crippen LogP) is 12.5. The van der Waals surface area contributed by atoms with Crippen LogP contribution in [0.15, 0.2) is 140 Å². The first-order chi connectivity index (χ1) is 23.6. The molecule has 0 bridgehead atoms. The minimum Gasteiger partial charge on any atom is -0.322 e. The van der Waals surface area contributed by atoms with E-state index in [0.717, 1.165) is 11.3 Å². The molecule has 0 spiro atoms. The lowest BCUT2D eigenvalue weighted by atomic mass is 9.86. The molecule has 2 heteroatoms. The van der Waals surface area contributed by atoms with Gasteiger partial charge in [-0.3, -0.25) is 0 Å². The third-order valence-corrected chi connectivity index (χ3v) is 10.6. The summed E-state index contributed by atoms with van der Waals surface area (Å²) in [7, 11) is 0. The Balaban J connectivity index is 1.21. The lowest BCUT2D eigenvalue weighted by Gasteiger charge is -2.20. The van der Waals surface area contributed by atoms with E-state index in [1.54, 1.807) is 0 Å². The van der Waals surface area contributed by atoms with Crippen LogP contribution in [-0.4, -0.2) is 4.57 Å². The quantitative estimate of drug-likeness (QED) is 0.192. The summed E-state index contributed by atoms with van der Waals surface area (Å²) in [6.07, 6.45) is 0. The lowest BCUT2D eigenvalue weighted by molar-refractivity contribution is 0.555. The van der Waals surface area contributed by atoms with Crippen LogP contribution in [0.25, 0.3) is 82.1 Å². The van der Waals surface area contributed by atoms with Crippen molar-refractivity contribution in [1.29, 1.82) is 0 Å². The van der Waals surface area contributed by atoms with E-state index in [1.165, 1.54) is 81.9 Å². The largest absolute Gasteiger partial charge is 0.322 e. The molecule has 9 rings (SSSR count). The number of rotatable bonds is 4. The van der Waals surface area contributed by atoms with E-state index in [0.29, 0.717) is 0 Å². The highest BCUT2D eigenvalue weighted by molar-refractivity contribution is 6.27. The molecule has 9 aromatic rings. The number of nitrogens with zero attached hydrogens (tertiary/aromatic N) is 1. The van der Waals surface area contributed by atoms with Crippen molar-refractivity contribution in [3.63, 3.8) is 0 Å². The van der Waals surface area contributed by atoms with E-state index in [1.807, 2.05) is 0 Å².